The number of nitrogens with zero attached hydrogens (tertiary/aromatic N) is 2. The lowest BCUT2D eigenvalue weighted by Gasteiger charge is -2.32. The van der Waals surface area contributed by atoms with E-state index in [1.54, 1.807) is 32.9 Å². The summed E-state index contributed by atoms with van der Waals surface area (Å²) in [5, 5.41) is 12.3. The van der Waals surface area contributed by atoms with E-state index in [1.165, 1.54) is 11.0 Å². The molecule has 1 aliphatic carbocycles. The van der Waals surface area contributed by atoms with Crippen molar-refractivity contribution in [2.75, 3.05) is 6.54 Å². The van der Waals surface area contributed by atoms with Gasteiger partial charge in [-0.25, -0.2) is 9.18 Å². The largest absolute Gasteiger partial charge is 0.494 e. The number of nitriles is 1. The lowest BCUT2D eigenvalue weighted by atomic mass is 9.78. The number of hydrogen-bond acceptors (Lipinski definition) is 6. The highest BCUT2D eigenvalue weighted by molar-refractivity contribution is 6.62. The Balaban J connectivity index is 1.64. The second-order valence-corrected chi connectivity index (χ2v) is 11.9. The average molecular weight is 515 g/mol. The SMILES string of the molecule is CC(C)(C)OC(=O)N(CC(=O)NC(C#N)Cc1ccc(B2OC(C)(C)C(C)(C)O2)cc1F)C1CCCC1. The molecule has 3 rings (SSSR count). The molecule has 0 aromatic heterocycles. The maximum atomic E-state index is 15.0. The van der Waals surface area contributed by atoms with Gasteiger partial charge in [0.2, 0.25) is 5.91 Å². The van der Waals surface area contributed by atoms with Crippen molar-refractivity contribution < 1.29 is 28.0 Å². The molecule has 2 fully saturated rings. The zero-order valence-corrected chi connectivity index (χ0v) is 23.0. The predicted molar refractivity (Wildman–Crippen MR) is 139 cm³/mol. The Morgan fingerprint density at radius 1 is 1.22 bits per heavy atom. The van der Waals surface area contributed by atoms with Crippen LogP contribution in [0.2, 0.25) is 0 Å². The second kappa shape index (κ2) is 11.0. The molecule has 1 aromatic rings. The van der Waals surface area contributed by atoms with Crippen molar-refractivity contribution in [3.8, 4) is 6.07 Å². The van der Waals surface area contributed by atoms with E-state index in [0.717, 1.165) is 25.7 Å². The van der Waals surface area contributed by atoms with E-state index in [9.17, 15) is 19.2 Å². The Bertz CT molecular complexity index is 1030. The third kappa shape index (κ3) is 7.23. The first-order chi connectivity index (χ1) is 17.1. The molecule has 10 heteroatoms. The molecule has 1 aromatic carbocycles. The first kappa shape index (κ1) is 28.9. The average Bonchev–Trinajstić information content (AvgIpc) is 3.37. The van der Waals surface area contributed by atoms with E-state index in [-0.39, 0.29) is 24.6 Å². The van der Waals surface area contributed by atoms with Crippen molar-refractivity contribution in [3.05, 3.63) is 29.6 Å². The van der Waals surface area contributed by atoms with Crippen LogP contribution in [-0.4, -0.2) is 59.5 Å². The first-order valence-electron chi connectivity index (χ1n) is 12.9. The van der Waals surface area contributed by atoms with Crippen molar-refractivity contribution in [2.45, 2.75) is 109 Å². The summed E-state index contributed by atoms with van der Waals surface area (Å²) in [7, 11) is -0.700. The second-order valence-electron chi connectivity index (χ2n) is 11.9. The van der Waals surface area contributed by atoms with Crippen LogP contribution in [0.4, 0.5) is 9.18 Å². The Labute approximate surface area is 220 Å². The minimum absolute atomic E-state index is 0.0203. The normalized spacial score (nSPS) is 19.8. The monoisotopic (exact) mass is 515 g/mol. The molecule has 1 saturated heterocycles. The van der Waals surface area contributed by atoms with Crippen LogP contribution in [0.15, 0.2) is 18.2 Å². The third-order valence-electron chi connectivity index (χ3n) is 7.23. The summed E-state index contributed by atoms with van der Waals surface area (Å²) >= 11 is 0. The molecule has 8 nitrogen and oxygen atoms in total. The molecule has 2 aliphatic rings. The molecule has 1 unspecified atom stereocenters. The zero-order chi connectivity index (χ0) is 27.6. The summed E-state index contributed by atoms with van der Waals surface area (Å²) in [5.41, 5.74) is -0.957. The minimum Gasteiger partial charge on any atom is -0.444 e. The van der Waals surface area contributed by atoms with Gasteiger partial charge in [0.1, 0.15) is 24.0 Å². The van der Waals surface area contributed by atoms with Gasteiger partial charge < -0.3 is 19.4 Å². The van der Waals surface area contributed by atoms with Crippen molar-refractivity contribution in [1.29, 1.82) is 5.26 Å². The van der Waals surface area contributed by atoms with Gasteiger partial charge in [-0.1, -0.05) is 25.0 Å². The number of amides is 2. The Kier molecular flexibility index (Phi) is 8.60. The molecule has 1 aliphatic heterocycles. The number of rotatable bonds is 7. The molecule has 0 radical (unpaired) electrons. The maximum Gasteiger partial charge on any atom is 0.494 e. The zero-order valence-electron chi connectivity index (χ0n) is 23.0. The van der Waals surface area contributed by atoms with E-state index < -0.39 is 47.8 Å². The van der Waals surface area contributed by atoms with Gasteiger partial charge in [0.05, 0.1) is 17.3 Å². The molecular formula is C27H39BFN3O5. The van der Waals surface area contributed by atoms with Crippen LogP contribution in [0.1, 0.15) is 79.7 Å². The summed E-state index contributed by atoms with van der Waals surface area (Å²) in [5.74, 6) is -0.999. The molecule has 1 saturated carbocycles. The van der Waals surface area contributed by atoms with Gasteiger partial charge in [0.25, 0.3) is 0 Å². The van der Waals surface area contributed by atoms with Crippen LogP contribution in [0, 0.1) is 17.1 Å². The molecule has 202 valence electrons. The van der Waals surface area contributed by atoms with Gasteiger partial charge in [-0.05, 0) is 78.4 Å². The van der Waals surface area contributed by atoms with Crippen LogP contribution in [0.25, 0.3) is 0 Å². The van der Waals surface area contributed by atoms with E-state index in [1.807, 2.05) is 33.8 Å². The molecule has 1 atom stereocenters. The Morgan fingerprint density at radius 2 is 1.81 bits per heavy atom. The molecule has 1 heterocycles. The van der Waals surface area contributed by atoms with Crippen LogP contribution in [0.3, 0.4) is 0 Å². The van der Waals surface area contributed by atoms with Gasteiger partial charge >= 0.3 is 13.2 Å². The molecule has 1 N–H and O–H groups in total. The van der Waals surface area contributed by atoms with Crippen LogP contribution in [-0.2, 0) is 25.3 Å². The van der Waals surface area contributed by atoms with E-state index in [0.29, 0.717) is 5.46 Å². The number of ether oxygens (including phenoxy) is 1. The molecular weight excluding hydrogens is 476 g/mol. The van der Waals surface area contributed by atoms with E-state index in [2.05, 4.69) is 5.32 Å². The van der Waals surface area contributed by atoms with Crippen molar-refractivity contribution in [2.24, 2.45) is 0 Å². The number of hydrogen-bond donors (Lipinski definition) is 1. The fourth-order valence-electron chi connectivity index (χ4n) is 4.48. The first-order valence-corrected chi connectivity index (χ1v) is 12.9. The molecule has 37 heavy (non-hydrogen) atoms. The minimum atomic E-state index is -0.964. The van der Waals surface area contributed by atoms with Crippen LogP contribution < -0.4 is 10.8 Å². The fourth-order valence-corrected chi connectivity index (χ4v) is 4.48. The topological polar surface area (TPSA) is 101 Å². The van der Waals surface area contributed by atoms with Crippen molar-refractivity contribution >= 4 is 24.6 Å². The number of carbonyl (C=O) groups excluding carboxylic acids is 2. The van der Waals surface area contributed by atoms with Gasteiger partial charge in [0, 0.05) is 12.5 Å². The lowest BCUT2D eigenvalue weighted by molar-refractivity contribution is -0.123. The summed E-state index contributed by atoms with van der Waals surface area (Å²) in [6, 6.07) is 5.62. The number of nitrogens with one attached hydrogen (secondary N) is 1. The van der Waals surface area contributed by atoms with Gasteiger partial charge in [-0.15, -0.1) is 0 Å². The van der Waals surface area contributed by atoms with Crippen molar-refractivity contribution in [1.82, 2.24) is 10.2 Å². The Morgan fingerprint density at radius 3 is 2.32 bits per heavy atom. The molecule has 0 bridgehead atoms. The van der Waals surface area contributed by atoms with Crippen LogP contribution in [0.5, 0.6) is 0 Å². The third-order valence-corrected chi connectivity index (χ3v) is 7.23. The van der Waals surface area contributed by atoms with Crippen molar-refractivity contribution in [3.63, 3.8) is 0 Å². The summed E-state index contributed by atoms with van der Waals surface area (Å²) < 4.78 is 32.5. The van der Waals surface area contributed by atoms with E-state index >= 15 is 0 Å². The number of halogens is 1. The highest BCUT2D eigenvalue weighted by Crippen LogP contribution is 2.36. The van der Waals surface area contributed by atoms with Crippen LogP contribution >= 0.6 is 0 Å². The summed E-state index contributed by atoms with van der Waals surface area (Å²) in [6.07, 6.45) is 2.99. The fraction of sp³-hybridized carbons (Fsp3) is 0.667. The number of carbonyl (C=O) groups is 2. The molecule has 2 amide bonds. The molecule has 0 spiro atoms. The van der Waals surface area contributed by atoms with Gasteiger partial charge in [-0.2, -0.15) is 5.26 Å². The highest BCUT2D eigenvalue weighted by atomic mass is 19.1. The predicted octanol–water partition coefficient (Wildman–Crippen LogP) is 3.86. The maximum absolute atomic E-state index is 15.0. The standard InChI is InChI=1S/C27H39BFN3O5/c1-25(2,3)35-24(34)32(21-10-8-9-11-21)17-23(33)31-20(16-30)14-18-12-13-19(15-22(18)29)28-36-26(4,5)27(6,7)37-28/h12-13,15,20-21H,8-11,14,17H2,1-7H3,(H,31,33). The number of benzene rings is 1. The smallest absolute Gasteiger partial charge is 0.444 e. The highest BCUT2D eigenvalue weighted by Gasteiger charge is 2.51. The summed E-state index contributed by atoms with van der Waals surface area (Å²) in [4.78, 5) is 27.1. The summed E-state index contributed by atoms with van der Waals surface area (Å²) in [6.45, 7) is 12.8. The lowest BCUT2D eigenvalue weighted by Crippen LogP contribution is -2.49. The van der Waals surface area contributed by atoms with E-state index in [4.69, 9.17) is 14.0 Å². The Hall–Kier alpha value is -2.64. The van der Waals surface area contributed by atoms with Gasteiger partial charge in [0.15, 0.2) is 0 Å². The van der Waals surface area contributed by atoms with Gasteiger partial charge in [-0.3, -0.25) is 9.69 Å². The quantitative estimate of drug-likeness (QED) is 0.554.